The van der Waals surface area contributed by atoms with E-state index in [-0.39, 0.29) is 47.5 Å². The highest BCUT2D eigenvalue weighted by atomic mass is 32.1. The maximum Gasteiger partial charge on any atom is 0.307 e. The lowest BCUT2D eigenvalue weighted by atomic mass is 9.93. The van der Waals surface area contributed by atoms with E-state index in [9.17, 15) is 29.7 Å². The van der Waals surface area contributed by atoms with E-state index in [1.165, 1.54) is 64.2 Å². The number of phenolic OH excluding ortho intramolecular Hbond substituents is 3. The van der Waals surface area contributed by atoms with Crippen LogP contribution >= 0.6 is 12.2 Å². The van der Waals surface area contributed by atoms with Gasteiger partial charge < -0.3 is 56.2 Å². The summed E-state index contributed by atoms with van der Waals surface area (Å²) in [6, 6.07) is 10.1. The molecule has 0 saturated carbocycles. The van der Waals surface area contributed by atoms with Gasteiger partial charge in [-0.1, -0.05) is 114 Å². The number of aryl methyl sites for hydroxylation is 6. The number of unbranched alkanes of at least 4 members (excludes halogenated alkanes) is 9. The first-order valence-electron chi connectivity index (χ1n) is 22.1. The van der Waals surface area contributed by atoms with Gasteiger partial charge >= 0.3 is 17.9 Å². The van der Waals surface area contributed by atoms with Crippen LogP contribution in [-0.4, -0.2) is 106 Å². The number of carboxylic acids is 3. The molecular weight excluding hydrogens is 857 g/mol. The average Bonchev–Trinajstić information content (AvgIpc) is 3.23. The van der Waals surface area contributed by atoms with Gasteiger partial charge in [-0.3, -0.25) is 14.4 Å². The number of aliphatic hydroxyl groups excluding tert-OH is 5. The molecule has 0 heterocycles. The lowest BCUT2D eigenvalue weighted by Crippen LogP contribution is -2.37. The molecule has 11 N–H and O–H groups in total. The first-order valence-corrected chi connectivity index (χ1v) is 22.5. The van der Waals surface area contributed by atoms with Crippen LogP contribution in [0.4, 0.5) is 0 Å². The van der Waals surface area contributed by atoms with Crippen molar-refractivity contribution in [2.24, 2.45) is 11.3 Å². The van der Waals surface area contributed by atoms with Gasteiger partial charge in [0.15, 0.2) is 5.05 Å². The number of carbonyl (C=O) groups is 3. The van der Waals surface area contributed by atoms with Crippen LogP contribution in [0, 0.1) is 52.9 Å². The van der Waals surface area contributed by atoms with Crippen molar-refractivity contribution in [3.05, 3.63) is 86.5 Å². The van der Waals surface area contributed by atoms with Crippen molar-refractivity contribution < 1.29 is 70.6 Å². The van der Waals surface area contributed by atoms with E-state index in [0.717, 1.165) is 56.5 Å². The Morgan fingerprint density at radius 1 is 0.477 bits per heavy atom. The molecule has 15 heteroatoms. The predicted octanol–water partition coefficient (Wildman–Crippen LogP) is 8.67. The average molecular weight is 935 g/mol. The highest BCUT2D eigenvalue weighted by molar-refractivity contribution is 7.80. The second-order valence-corrected chi connectivity index (χ2v) is 17.2. The lowest BCUT2D eigenvalue weighted by Gasteiger charge is -2.23. The third-order valence-corrected chi connectivity index (χ3v) is 10.9. The summed E-state index contributed by atoms with van der Waals surface area (Å²) in [7, 11) is 0. The quantitative estimate of drug-likeness (QED) is 0.0332. The van der Waals surface area contributed by atoms with E-state index in [0.29, 0.717) is 0 Å². The van der Waals surface area contributed by atoms with Gasteiger partial charge in [0.1, 0.15) is 17.2 Å². The van der Waals surface area contributed by atoms with Crippen molar-refractivity contribution in [3.8, 4) is 17.2 Å². The third-order valence-electron chi connectivity index (χ3n) is 10.5. The summed E-state index contributed by atoms with van der Waals surface area (Å²) >= 11 is 4.74. The minimum atomic E-state index is -1.11. The number of aromatic hydroxyl groups is 3. The number of carboxylic acid groups (broad SMARTS) is 3. The monoisotopic (exact) mass is 935 g/mol. The van der Waals surface area contributed by atoms with Crippen LogP contribution in [0.1, 0.15) is 135 Å². The van der Waals surface area contributed by atoms with Crippen LogP contribution in [0.15, 0.2) is 36.4 Å². The molecule has 0 aromatic heterocycles. The Morgan fingerprint density at radius 3 is 0.892 bits per heavy atom. The van der Waals surface area contributed by atoms with E-state index in [2.05, 4.69) is 6.92 Å². The van der Waals surface area contributed by atoms with Crippen molar-refractivity contribution in [1.29, 1.82) is 0 Å². The van der Waals surface area contributed by atoms with Crippen LogP contribution in [0.3, 0.4) is 0 Å². The highest BCUT2D eigenvalue weighted by Gasteiger charge is 2.26. The molecule has 0 aliphatic heterocycles. The molecule has 0 amide bonds. The number of aliphatic carboxylic acids is 3. The Morgan fingerprint density at radius 2 is 0.708 bits per heavy atom. The second-order valence-electron chi connectivity index (χ2n) is 16.8. The lowest BCUT2D eigenvalue weighted by molar-refractivity contribution is -0.137. The normalized spacial score (nSPS) is 11.0. The smallest absolute Gasteiger partial charge is 0.307 e. The Bertz CT molecular complexity index is 1620. The predicted molar refractivity (Wildman–Crippen MR) is 258 cm³/mol. The molecule has 0 aliphatic carbocycles. The molecule has 0 fully saturated rings. The molecule has 0 saturated heterocycles. The minimum Gasteiger partial charge on any atom is -0.507 e. The Balaban J connectivity index is 0. The first-order chi connectivity index (χ1) is 30.4. The summed E-state index contributed by atoms with van der Waals surface area (Å²) < 4.78 is 0. The van der Waals surface area contributed by atoms with Crippen molar-refractivity contribution in [2.75, 3.05) is 26.4 Å². The van der Waals surface area contributed by atoms with Crippen molar-refractivity contribution in [1.82, 2.24) is 0 Å². The Labute approximate surface area is 391 Å². The van der Waals surface area contributed by atoms with Crippen LogP contribution < -0.4 is 0 Å². The number of hydrogen-bond donors (Lipinski definition) is 11. The zero-order valence-electron chi connectivity index (χ0n) is 39.8. The number of hydrogen-bond acceptors (Lipinski definition) is 11. The third kappa shape index (κ3) is 28.0. The summed E-state index contributed by atoms with van der Waals surface area (Å²) in [4.78, 5) is 31.2. The summed E-state index contributed by atoms with van der Waals surface area (Å²) in [5.41, 5.74) is 5.37. The number of rotatable bonds is 22. The number of benzene rings is 3. The summed E-state index contributed by atoms with van der Waals surface area (Å²) in [6.45, 7) is 13.2. The minimum absolute atomic E-state index is 0.00194. The maximum atomic E-state index is 10.4. The SMILES string of the molecule is CCCCCCCCCCCCC(C)C(O)=S.Cc1cc(CC(=O)O)cc(C)c1O.Cc1cc(CC(=O)O)cc(C)c1O.Cc1cc(CC(=O)O)cc(C)c1O.OCC(CO)(CO)CO. The molecule has 3 aromatic rings. The molecule has 368 valence electrons. The molecule has 1 atom stereocenters. The van der Waals surface area contributed by atoms with Crippen LogP contribution in [0.5, 0.6) is 17.2 Å². The fraction of sp³-hybridized carbons (Fsp3) is 0.560. The first kappa shape index (κ1) is 62.3. The van der Waals surface area contributed by atoms with Crippen LogP contribution in [-0.2, 0) is 33.6 Å². The number of phenols is 3. The summed E-state index contributed by atoms with van der Waals surface area (Å²) in [5, 5.41) is 97.2. The van der Waals surface area contributed by atoms with Gasteiger partial charge in [-0.2, -0.15) is 0 Å². The standard InChI is InChI=1S/C15H30OS.3C10H12O3.C5H12O4/c1-3-4-5-6-7-8-9-10-11-12-13-14(2)15(16)17;3*1-6-3-8(5-9(11)12)4-7(2)10(6)13;6-1-5(2-7,3-8)4-9/h14H,3-13H2,1-2H3,(H,16,17);3*3-4,13H,5H2,1-2H3,(H,11,12);6-9H,1-4H2. The van der Waals surface area contributed by atoms with Crippen molar-refractivity contribution >= 4 is 35.2 Å². The zero-order chi connectivity index (χ0) is 50.3. The molecule has 0 aliphatic rings. The van der Waals surface area contributed by atoms with E-state index in [1.54, 1.807) is 77.9 Å². The molecule has 3 aromatic carbocycles. The van der Waals surface area contributed by atoms with Crippen molar-refractivity contribution in [3.63, 3.8) is 0 Å². The molecule has 65 heavy (non-hydrogen) atoms. The largest absolute Gasteiger partial charge is 0.507 e. The molecule has 1 unspecified atom stereocenters. The fourth-order valence-electron chi connectivity index (χ4n) is 6.33. The van der Waals surface area contributed by atoms with Crippen molar-refractivity contribution in [2.45, 2.75) is 145 Å². The molecule has 3 rings (SSSR count). The molecule has 0 bridgehead atoms. The number of aliphatic hydroxyl groups is 5. The van der Waals surface area contributed by atoms with Gasteiger partial charge in [0, 0.05) is 5.92 Å². The van der Waals surface area contributed by atoms with Gasteiger partial charge in [-0.25, -0.2) is 0 Å². The van der Waals surface area contributed by atoms with Gasteiger partial charge in [0.2, 0.25) is 0 Å². The van der Waals surface area contributed by atoms with Crippen LogP contribution in [0.2, 0.25) is 0 Å². The van der Waals surface area contributed by atoms with E-state index < -0.39 is 49.8 Å². The summed E-state index contributed by atoms with van der Waals surface area (Å²) in [6.07, 6.45) is 14.7. The van der Waals surface area contributed by atoms with Gasteiger partial charge in [0.25, 0.3) is 0 Å². The Kier molecular flexibility index (Phi) is 33.1. The van der Waals surface area contributed by atoms with E-state index in [4.69, 9.17) is 53.1 Å². The van der Waals surface area contributed by atoms with Gasteiger partial charge in [-0.05, 0) is 110 Å². The van der Waals surface area contributed by atoms with Crippen LogP contribution in [0.25, 0.3) is 0 Å². The molecule has 0 radical (unpaired) electrons. The maximum absolute atomic E-state index is 10.4. The zero-order valence-corrected chi connectivity index (χ0v) is 40.6. The second kappa shape index (κ2) is 34.5. The topological polar surface area (TPSA) is 274 Å². The molecular formula is C50H78O14S. The van der Waals surface area contributed by atoms with Gasteiger partial charge in [0.05, 0.1) is 51.1 Å². The summed E-state index contributed by atoms with van der Waals surface area (Å²) in [5.74, 6) is -1.63. The van der Waals surface area contributed by atoms with E-state index >= 15 is 0 Å². The highest BCUT2D eigenvalue weighted by Crippen LogP contribution is 2.25. The number of thiocarbonyl (C=S) groups is 1. The fourth-order valence-corrected chi connectivity index (χ4v) is 6.45. The van der Waals surface area contributed by atoms with Gasteiger partial charge in [-0.15, -0.1) is 0 Å². The Hall–Kier alpha value is -4.80. The van der Waals surface area contributed by atoms with E-state index in [1.807, 2.05) is 6.92 Å². The molecule has 0 spiro atoms. The molecule has 14 nitrogen and oxygen atoms in total.